The fraction of sp³-hybridized carbons (Fsp3) is 1.00. The summed E-state index contributed by atoms with van der Waals surface area (Å²) in [5.41, 5.74) is 0.0858. The lowest BCUT2D eigenvalue weighted by atomic mass is 9.63. The summed E-state index contributed by atoms with van der Waals surface area (Å²) in [6.07, 6.45) is -0.154. The van der Waals surface area contributed by atoms with Crippen molar-refractivity contribution in [2.45, 2.75) is 26.9 Å². The maximum Gasteiger partial charge on any atom is 0.0696 e. The fourth-order valence-corrected chi connectivity index (χ4v) is 3.25. The van der Waals surface area contributed by atoms with E-state index >= 15 is 0 Å². The highest BCUT2D eigenvalue weighted by molar-refractivity contribution is 5.06. The van der Waals surface area contributed by atoms with Crippen LogP contribution >= 0.6 is 0 Å². The van der Waals surface area contributed by atoms with Crippen LogP contribution in [-0.2, 0) is 0 Å². The van der Waals surface area contributed by atoms with E-state index in [1.54, 1.807) is 0 Å². The molecule has 2 rings (SSSR count). The van der Waals surface area contributed by atoms with Crippen LogP contribution in [0, 0.1) is 10.8 Å². The Labute approximate surface area is 86.5 Å². The van der Waals surface area contributed by atoms with Gasteiger partial charge in [0.1, 0.15) is 0 Å². The zero-order chi connectivity index (χ0) is 10.4. The van der Waals surface area contributed by atoms with Gasteiger partial charge in [0.15, 0.2) is 0 Å². The minimum absolute atomic E-state index is 0.0429. The van der Waals surface area contributed by atoms with Crippen LogP contribution in [0.4, 0.5) is 0 Å². The Hall–Kier alpha value is -0.120. The highest BCUT2D eigenvalue weighted by Crippen LogP contribution is 2.42. The molecule has 2 atom stereocenters. The van der Waals surface area contributed by atoms with E-state index in [1.807, 2.05) is 0 Å². The SMILES string of the molecule is CCN1CC2(C)CNCC(C)(C1)C2O. The Morgan fingerprint density at radius 3 is 2.21 bits per heavy atom. The summed E-state index contributed by atoms with van der Waals surface area (Å²) in [6, 6.07) is 0. The molecule has 0 aromatic rings. The number of aliphatic hydroxyl groups excluding tert-OH is 1. The second-order valence-electron chi connectivity index (χ2n) is 5.62. The van der Waals surface area contributed by atoms with E-state index in [1.165, 1.54) is 0 Å². The third kappa shape index (κ3) is 1.38. The molecule has 0 aliphatic carbocycles. The largest absolute Gasteiger partial charge is 0.392 e. The van der Waals surface area contributed by atoms with Gasteiger partial charge in [-0.3, -0.25) is 0 Å². The van der Waals surface area contributed by atoms with Gasteiger partial charge < -0.3 is 15.3 Å². The number of piperidine rings is 2. The Morgan fingerprint density at radius 2 is 1.79 bits per heavy atom. The minimum Gasteiger partial charge on any atom is -0.392 e. The number of aliphatic hydroxyl groups is 1. The summed E-state index contributed by atoms with van der Waals surface area (Å²) in [6.45, 7) is 11.6. The molecule has 0 aromatic carbocycles. The number of nitrogens with zero attached hydrogens (tertiary/aromatic N) is 1. The Balaban J connectivity index is 2.25. The molecule has 0 spiro atoms. The van der Waals surface area contributed by atoms with Crippen LogP contribution < -0.4 is 5.32 Å². The Morgan fingerprint density at radius 1 is 1.29 bits per heavy atom. The van der Waals surface area contributed by atoms with Crippen molar-refractivity contribution in [3.05, 3.63) is 0 Å². The summed E-state index contributed by atoms with van der Waals surface area (Å²) in [7, 11) is 0. The number of rotatable bonds is 1. The first-order valence-electron chi connectivity index (χ1n) is 5.61. The van der Waals surface area contributed by atoms with Gasteiger partial charge in [-0.1, -0.05) is 20.8 Å². The maximum atomic E-state index is 10.4. The van der Waals surface area contributed by atoms with E-state index in [2.05, 4.69) is 31.0 Å². The van der Waals surface area contributed by atoms with E-state index in [9.17, 15) is 5.11 Å². The minimum atomic E-state index is -0.154. The molecule has 2 bridgehead atoms. The molecule has 2 saturated heterocycles. The van der Waals surface area contributed by atoms with E-state index in [0.717, 1.165) is 32.7 Å². The Kier molecular flexibility index (Phi) is 2.37. The van der Waals surface area contributed by atoms with Gasteiger partial charge in [0.05, 0.1) is 6.10 Å². The predicted molar refractivity (Wildman–Crippen MR) is 57.2 cm³/mol. The number of fused-ring (bicyclic) bond motifs is 2. The van der Waals surface area contributed by atoms with Crippen LogP contribution in [0.3, 0.4) is 0 Å². The lowest BCUT2D eigenvalue weighted by Gasteiger charge is -2.57. The molecular formula is C11H22N2O. The van der Waals surface area contributed by atoms with Crippen molar-refractivity contribution in [3.63, 3.8) is 0 Å². The molecule has 3 heteroatoms. The first kappa shape index (κ1) is 10.4. The van der Waals surface area contributed by atoms with E-state index in [4.69, 9.17) is 0 Å². The molecule has 2 aliphatic rings. The molecule has 0 saturated carbocycles. The molecular weight excluding hydrogens is 176 g/mol. The topological polar surface area (TPSA) is 35.5 Å². The van der Waals surface area contributed by atoms with Gasteiger partial charge in [0.2, 0.25) is 0 Å². The molecule has 0 radical (unpaired) electrons. The molecule has 2 N–H and O–H groups in total. The van der Waals surface area contributed by atoms with E-state index in [0.29, 0.717) is 0 Å². The van der Waals surface area contributed by atoms with Crippen LogP contribution in [0.15, 0.2) is 0 Å². The van der Waals surface area contributed by atoms with Gasteiger partial charge in [-0.15, -0.1) is 0 Å². The van der Waals surface area contributed by atoms with Crippen molar-refractivity contribution in [2.24, 2.45) is 10.8 Å². The molecule has 2 heterocycles. The van der Waals surface area contributed by atoms with Gasteiger partial charge in [0.25, 0.3) is 0 Å². The summed E-state index contributed by atoms with van der Waals surface area (Å²) >= 11 is 0. The molecule has 82 valence electrons. The highest BCUT2D eigenvalue weighted by Gasteiger charge is 2.52. The Bertz CT molecular complexity index is 213. The van der Waals surface area contributed by atoms with Crippen LogP contribution in [0.2, 0.25) is 0 Å². The molecule has 14 heavy (non-hydrogen) atoms. The van der Waals surface area contributed by atoms with Crippen LogP contribution in [0.25, 0.3) is 0 Å². The molecule has 3 nitrogen and oxygen atoms in total. The summed E-state index contributed by atoms with van der Waals surface area (Å²) in [5, 5.41) is 13.8. The van der Waals surface area contributed by atoms with E-state index in [-0.39, 0.29) is 16.9 Å². The highest BCUT2D eigenvalue weighted by atomic mass is 16.3. The molecule has 2 fully saturated rings. The quantitative estimate of drug-likeness (QED) is 0.636. The second-order valence-corrected chi connectivity index (χ2v) is 5.62. The second kappa shape index (κ2) is 3.19. The fourth-order valence-electron chi connectivity index (χ4n) is 3.25. The van der Waals surface area contributed by atoms with Gasteiger partial charge in [0, 0.05) is 37.0 Å². The zero-order valence-electron chi connectivity index (χ0n) is 9.51. The smallest absolute Gasteiger partial charge is 0.0696 e. The van der Waals surface area contributed by atoms with Crippen molar-refractivity contribution in [3.8, 4) is 0 Å². The molecule has 2 aliphatic heterocycles. The summed E-state index contributed by atoms with van der Waals surface area (Å²) < 4.78 is 0. The van der Waals surface area contributed by atoms with E-state index < -0.39 is 0 Å². The van der Waals surface area contributed by atoms with Gasteiger partial charge in [-0.25, -0.2) is 0 Å². The predicted octanol–water partition coefficient (Wildman–Crippen LogP) is 0.299. The van der Waals surface area contributed by atoms with Gasteiger partial charge >= 0.3 is 0 Å². The van der Waals surface area contributed by atoms with Crippen LogP contribution in [0.5, 0.6) is 0 Å². The average Bonchev–Trinajstić information content (AvgIpc) is 2.11. The standard InChI is InChI=1S/C11H22N2O/c1-4-13-7-10(2)5-12-6-11(3,8-13)9(10)14/h9,12,14H,4-8H2,1-3H3. The summed E-state index contributed by atoms with van der Waals surface area (Å²) in [5.74, 6) is 0. The molecule has 0 amide bonds. The molecule has 0 aromatic heterocycles. The summed E-state index contributed by atoms with van der Waals surface area (Å²) in [4.78, 5) is 2.47. The molecule has 2 unspecified atom stereocenters. The first-order valence-corrected chi connectivity index (χ1v) is 5.61. The van der Waals surface area contributed by atoms with Gasteiger partial charge in [-0.05, 0) is 6.54 Å². The van der Waals surface area contributed by atoms with Crippen molar-refractivity contribution in [1.82, 2.24) is 10.2 Å². The normalized spacial score (nSPS) is 49.3. The number of hydrogen-bond donors (Lipinski definition) is 2. The van der Waals surface area contributed by atoms with Crippen molar-refractivity contribution >= 4 is 0 Å². The average molecular weight is 198 g/mol. The monoisotopic (exact) mass is 198 g/mol. The van der Waals surface area contributed by atoms with Crippen molar-refractivity contribution in [1.29, 1.82) is 0 Å². The van der Waals surface area contributed by atoms with Crippen LogP contribution in [-0.4, -0.2) is 48.8 Å². The third-order valence-electron chi connectivity index (χ3n) is 3.99. The first-order chi connectivity index (χ1) is 6.50. The lowest BCUT2D eigenvalue weighted by molar-refractivity contribution is -0.140. The number of hydrogen-bond acceptors (Lipinski definition) is 3. The number of likely N-dealkylation sites (tertiary alicyclic amines) is 1. The lowest BCUT2D eigenvalue weighted by Crippen LogP contribution is -2.69. The van der Waals surface area contributed by atoms with Crippen molar-refractivity contribution < 1.29 is 5.11 Å². The van der Waals surface area contributed by atoms with Gasteiger partial charge in [-0.2, -0.15) is 0 Å². The maximum absolute atomic E-state index is 10.4. The van der Waals surface area contributed by atoms with Crippen molar-refractivity contribution in [2.75, 3.05) is 32.7 Å². The zero-order valence-corrected chi connectivity index (χ0v) is 9.51. The van der Waals surface area contributed by atoms with Crippen LogP contribution in [0.1, 0.15) is 20.8 Å². The third-order valence-corrected chi connectivity index (χ3v) is 3.99. The number of nitrogens with one attached hydrogen (secondary N) is 1.